The van der Waals surface area contributed by atoms with E-state index in [9.17, 15) is 0 Å². The van der Waals surface area contributed by atoms with Gasteiger partial charge in [0.05, 0.1) is 7.11 Å². The van der Waals surface area contributed by atoms with Gasteiger partial charge in [-0.3, -0.25) is 0 Å². The van der Waals surface area contributed by atoms with E-state index in [1.165, 1.54) is 24.8 Å². The summed E-state index contributed by atoms with van der Waals surface area (Å²) in [6.45, 7) is 2.07. The molecule has 1 heterocycles. The molecule has 1 saturated heterocycles. The molecule has 0 radical (unpaired) electrons. The fourth-order valence-corrected chi connectivity index (χ4v) is 2.76. The van der Waals surface area contributed by atoms with Crippen LogP contribution in [0.15, 0.2) is 24.3 Å². The molecule has 0 aliphatic carbocycles. The molecule has 2 nitrogen and oxygen atoms in total. The van der Waals surface area contributed by atoms with E-state index >= 15 is 0 Å². The topological polar surface area (TPSA) is 12.5 Å². The molecule has 0 spiro atoms. The summed E-state index contributed by atoms with van der Waals surface area (Å²) in [5.41, 5.74) is 1.36. The van der Waals surface area contributed by atoms with Crippen molar-refractivity contribution in [3.8, 4) is 5.75 Å². The third kappa shape index (κ3) is 3.90. The number of methoxy groups -OCH3 is 1. The van der Waals surface area contributed by atoms with Crippen molar-refractivity contribution < 1.29 is 4.74 Å². The van der Waals surface area contributed by atoms with Gasteiger partial charge in [0.2, 0.25) is 0 Å². The number of benzene rings is 1. The van der Waals surface area contributed by atoms with E-state index in [4.69, 9.17) is 16.5 Å². The minimum absolute atomic E-state index is 0.743. The van der Waals surface area contributed by atoms with Crippen molar-refractivity contribution in [2.45, 2.75) is 25.7 Å². The molecular formula is C14H20ClNO. The summed E-state index contributed by atoms with van der Waals surface area (Å²) in [6.07, 6.45) is 4.88. The Morgan fingerprint density at radius 3 is 3.12 bits per heavy atom. The second-order valence-electron chi connectivity index (χ2n) is 4.77. The van der Waals surface area contributed by atoms with Crippen molar-refractivity contribution in [2.75, 3.05) is 20.2 Å². The molecule has 1 aromatic carbocycles. The maximum Gasteiger partial charge on any atom is 0.119 e. The first-order valence-corrected chi connectivity index (χ1v) is 6.65. The SMILES string of the molecule is COc1cccc(CC[C@@H]2CCCN(Cl)C2)c1. The zero-order chi connectivity index (χ0) is 12.1. The summed E-state index contributed by atoms with van der Waals surface area (Å²) in [6, 6.07) is 8.35. The van der Waals surface area contributed by atoms with Crippen molar-refractivity contribution in [2.24, 2.45) is 5.92 Å². The Kier molecular flexibility index (Phi) is 4.69. The van der Waals surface area contributed by atoms with Gasteiger partial charge >= 0.3 is 0 Å². The normalized spacial score (nSPS) is 21.4. The number of piperidine rings is 1. The second-order valence-corrected chi connectivity index (χ2v) is 5.25. The maximum absolute atomic E-state index is 6.05. The Morgan fingerprint density at radius 1 is 1.47 bits per heavy atom. The number of halogens is 1. The lowest BCUT2D eigenvalue weighted by Crippen LogP contribution is -2.28. The second kappa shape index (κ2) is 6.27. The van der Waals surface area contributed by atoms with Crippen molar-refractivity contribution in [3.63, 3.8) is 0 Å². The quantitative estimate of drug-likeness (QED) is 0.762. The smallest absolute Gasteiger partial charge is 0.119 e. The van der Waals surface area contributed by atoms with Crippen molar-refractivity contribution in [1.29, 1.82) is 0 Å². The molecule has 0 unspecified atom stereocenters. The molecule has 0 aromatic heterocycles. The molecule has 1 aliphatic heterocycles. The number of hydrogen-bond acceptors (Lipinski definition) is 2. The van der Waals surface area contributed by atoms with Crippen LogP contribution in [0, 0.1) is 5.92 Å². The highest BCUT2D eigenvalue weighted by Gasteiger charge is 2.18. The summed E-state index contributed by atoms with van der Waals surface area (Å²) in [5.74, 6) is 1.69. The fourth-order valence-electron chi connectivity index (χ4n) is 2.45. The molecule has 1 atom stereocenters. The van der Waals surface area contributed by atoms with E-state index in [1.807, 2.05) is 10.5 Å². The Labute approximate surface area is 109 Å². The Hall–Kier alpha value is -0.730. The Morgan fingerprint density at radius 2 is 2.35 bits per heavy atom. The van der Waals surface area contributed by atoms with Crippen LogP contribution in [0.2, 0.25) is 0 Å². The van der Waals surface area contributed by atoms with Crippen LogP contribution in [0.3, 0.4) is 0 Å². The number of hydrogen-bond donors (Lipinski definition) is 0. The van der Waals surface area contributed by atoms with Gasteiger partial charge in [0.15, 0.2) is 0 Å². The predicted octanol–water partition coefficient (Wildman–Crippen LogP) is 3.49. The van der Waals surface area contributed by atoms with Crippen LogP contribution in [-0.2, 0) is 6.42 Å². The third-order valence-electron chi connectivity index (χ3n) is 3.44. The molecule has 1 fully saturated rings. The molecule has 0 saturated carbocycles. The van der Waals surface area contributed by atoms with Gasteiger partial charge < -0.3 is 4.74 Å². The van der Waals surface area contributed by atoms with Crippen LogP contribution in [0.4, 0.5) is 0 Å². The molecular weight excluding hydrogens is 234 g/mol. The van der Waals surface area contributed by atoms with Crippen LogP contribution in [0.5, 0.6) is 5.75 Å². The summed E-state index contributed by atoms with van der Waals surface area (Å²) < 4.78 is 7.16. The third-order valence-corrected chi connectivity index (χ3v) is 3.75. The van der Waals surface area contributed by atoms with E-state index in [2.05, 4.69) is 18.2 Å². The average Bonchev–Trinajstić information content (AvgIpc) is 2.37. The van der Waals surface area contributed by atoms with E-state index in [-0.39, 0.29) is 0 Å². The van der Waals surface area contributed by atoms with E-state index in [0.29, 0.717) is 0 Å². The van der Waals surface area contributed by atoms with Crippen molar-refractivity contribution in [1.82, 2.24) is 4.42 Å². The molecule has 0 bridgehead atoms. The van der Waals surface area contributed by atoms with Gasteiger partial charge in [-0.1, -0.05) is 12.1 Å². The number of aryl methyl sites for hydroxylation is 1. The maximum atomic E-state index is 6.05. The largest absolute Gasteiger partial charge is 0.497 e. The number of ether oxygens (including phenoxy) is 1. The highest BCUT2D eigenvalue weighted by molar-refractivity contribution is 6.13. The lowest BCUT2D eigenvalue weighted by Gasteiger charge is -2.27. The zero-order valence-corrected chi connectivity index (χ0v) is 11.1. The zero-order valence-electron chi connectivity index (χ0n) is 10.4. The van der Waals surface area contributed by atoms with Crippen molar-refractivity contribution >= 4 is 11.8 Å². The summed E-state index contributed by atoms with van der Waals surface area (Å²) in [4.78, 5) is 0. The first-order valence-electron chi connectivity index (χ1n) is 6.31. The van der Waals surface area contributed by atoms with E-state index in [1.54, 1.807) is 7.11 Å². The molecule has 3 heteroatoms. The van der Waals surface area contributed by atoms with Crippen LogP contribution < -0.4 is 4.74 Å². The lowest BCUT2D eigenvalue weighted by atomic mass is 9.93. The number of nitrogens with zero attached hydrogens (tertiary/aromatic N) is 1. The molecule has 2 rings (SSSR count). The predicted molar refractivity (Wildman–Crippen MR) is 71.5 cm³/mol. The minimum atomic E-state index is 0.743. The van der Waals surface area contributed by atoms with Gasteiger partial charge in [0, 0.05) is 13.1 Å². The van der Waals surface area contributed by atoms with Gasteiger partial charge in [-0.25, -0.2) is 4.42 Å². The van der Waals surface area contributed by atoms with Crippen molar-refractivity contribution in [3.05, 3.63) is 29.8 Å². The molecule has 17 heavy (non-hydrogen) atoms. The first kappa shape index (κ1) is 12.7. The van der Waals surface area contributed by atoms with E-state index < -0.39 is 0 Å². The fraction of sp³-hybridized carbons (Fsp3) is 0.571. The summed E-state index contributed by atoms with van der Waals surface area (Å²) >= 11 is 6.05. The standard InChI is InChI=1S/C14H20ClNO/c1-17-14-6-2-4-12(10-14)7-8-13-5-3-9-16(15)11-13/h2,4,6,10,13H,3,5,7-9,11H2,1H3/t13-/m0/s1. The monoisotopic (exact) mass is 253 g/mol. The summed E-state index contributed by atoms with van der Waals surface area (Å²) in [5, 5.41) is 0. The molecule has 0 amide bonds. The molecule has 1 aromatic rings. The van der Waals surface area contributed by atoms with Gasteiger partial charge in [0.1, 0.15) is 5.75 Å². The van der Waals surface area contributed by atoms with Gasteiger partial charge in [-0.05, 0) is 61.1 Å². The highest BCUT2D eigenvalue weighted by atomic mass is 35.5. The first-order chi connectivity index (χ1) is 8.28. The Bertz CT molecular complexity index is 356. The Balaban J connectivity index is 1.84. The van der Waals surface area contributed by atoms with Gasteiger partial charge in [0.25, 0.3) is 0 Å². The van der Waals surface area contributed by atoms with E-state index in [0.717, 1.165) is 31.2 Å². The van der Waals surface area contributed by atoms with Crippen LogP contribution in [-0.4, -0.2) is 24.6 Å². The van der Waals surface area contributed by atoms with Gasteiger partial charge in [-0.15, -0.1) is 0 Å². The average molecular weight is 254 g/mol. The molecule has 0 N–H and O–H groups in total. The molecule has 1 aliphatic rings. The molecule has 94 valence electrons. The minimum Gasteiger partial charge on any atom is -0.497 e. The number of rotatable bonds is 4. The summed E-state index contributed by atoms with van der Waals surface area (Å²) in [7, 11) is 1.71. The van der Waals surface area contributed by atoms with Crippen LogP contribution >= 0.6 is 11.8 Å². The van der Waals surface area contributed by atoms with Gasteiger partial charge in [-0.2, -0.15) is 0 Å². The van der Waals surface area contributed by atoms with Crippen LogP contribution in [0.1, 0.15) is 24.8 Å². The lowest BCUT2D eigenvalue weighted by molar-refractivity contribution is 0.265. The van der Waals surface area contributed by atoms with Crippen LogP contribution in [0.25, 0.3) is 0 Å². The highest BCUT2D eigenvalue weighted by Crippen LogP contribution is 2.23.